The molecular weight excluding hydrogens is 424 g/mol. The van der Waals surface area contributed by atoms with E-state index in [1.807, 2.05) is 54.6 Å². The number of nitrogens with zero attached hydrogens (tertiary/aromatic N) is 5. The molecule has 8 nitrogen and oxygen atoms in total. The summed E-state index contributed by atoms with van der Waals surface area (Å²) in [5.41, 5.74) is 6.27. The first-order chi connectivity index (χ1) is 15.8. The highest BCUT2D eigenvalue weighted by atomic mass is 32.1. The van der Waals surface area contributed by atoms with Gasteiger partial charge in [-0.2, -0.15) is 5.10 Å². The van der Waals surface area contributed by atoms with Gasteiger partial charge in [0.2, 0.25) is 0 Å². The van der Waals surface area contributed by atoms with E-state index in [0.717, 1.165) is 45.4 Å². The Bertz CT molecular complexity index is 1240. The Hall–Kier alpha value is -3.56. The molecule has 1 amide bonds. The number of hydrazone groups is 1. The number of rotatable bonds is 6. The van der Waals surface area contributed by atoms with E-state index in [1.165, 1.54) is 0 Å². The molecule has 0 bridgehead atoms. The molecule has 0 unspecified atom stereocenters. The summed E-state index contributed by atoms with van der Waals surface area (Å²) in [6, 6.07) is 17.7. The number of imidazole rings is 1. The van der Waals surface area contributed by atoms with E-state index in [2.05, 4.69) is 20.4 Å². The summed E-state index contributed by atoms with van der Waals surface area (Å²) in [5.74, 6) is -0.219. The normalized spacial score (nSPS) is 14.3. The van der Waals surface area contributed by atoms with Gasteiger partial charge in [-0.3, -0.25) is 4.79 Å². The monoisotopic (exact) mass is 446 g/mol. The van der Waals surface area contributed by atoms with E-state index in [-0.39, 0.29) is 12.5 Å². The van der Waals surface area contributed by atoms with Crippen LogP contribution in [0.3, 0.4) is 0 Å². The lowest BCUT2D eigenvalue weighted by Crippen LogP contribution is -2.36. The van der Waals surface area contributed by atoms with Crippen molar-refractivity contribution in [1.82, 2.24) is 20.0 Å². The third kappa shape index (κ3) is 4.39. The minimum atomic E-state index is -0.219. The minimum Gasteiger partial charge on any atom is -0.378 e. The average molecular weight is 447 g/mol. The van der Waals surface area contributed by atoms with Crippen LogP contribution in [0, 0.1) is 0 Å². The van der Waals surface area contributed by atoms with Crippen LogP contribution in [0.5, 0.6) is 0 Å². The summed E-state index contributed by atoms with van der Waals surface area (Å²) in [4.78, 5) is 24.7. The third-order valence-corrected chi connectivity index (χ3v) is 6.23. The van der Waals surface area contributed by atoms with Crippen LogP contribution in [-0.2, 0) is 16.1 Å². The molecule has 1 aliphatic heterocycles. The SMILES string of the molecule is O=C(Cn1cnc2ccccc21)NN=Cc1sc(N2CCOCC2)nc1-c1ccccc1. The van der Waals surface area contributed by atoms with Crippen LogP contribution in [-0.4, -0.2) is 53.0 Å². The number of aromatic nitrogens is 3. The van der Waals surface area contributed by atoms with Gasteiger partial charge < -0.3 is 14.2 Å². The number of fused-ring (bicyclic) bond motifs is 1. The molecule has 0 atom stereocenters. The second kappa shape index (κ2) is 9.29. The number of hydrogen-bond donors (Lipinski definition) is 1. The number of morpholine rings is 1. The molecule has 32 heavy (non-hydrogen) atoms. The Labute approximate surface area is 189 Å². The lowest BCUT2D eigenvalue weighted by atomic mass is 10.1. The molecule has 0 aliphatic carbocycles. The Morgan fingerprint density at radius 1 is 1.12 bits per heavy atom. The smallest absolute Gasteiger partial charge is 0.260 e. The van der Waals surface area contributed by atoms with Gasteiger partial charge in [0.1, 0.15) is 6.54 Å². The average Bonchev–Trinajstić information content (AvgIpc) is 3.45. The lowest BCUT2D eigenvalue weighted by Gasteiger charge is -2.26. The molecule has 162 valence electrons. The molecule has 4 aromatic rings. The zero-order valence-electron chi connectivity index (χ0n) is 17.3. The molecule has 5 rings (SSSR count). The predicted molar refractivity (Wildman–Crippen MR) is 126 cm³/mol. The Kier molecular flexibility index (Phi) is 5.91. The van der Waals surface area contributed by atoms with Crippen LogP contribution in [0.15, 0.2) is 66.0 Å². The summed E-state index contributed by atoms with van der Waals surface area (Å²) in [6.45, 7) is 3.16. The van der Waals surface area contributed by atoms with Crippen LogP contribution in [0.1, 0.15) is 4.88 Å². The Morgan fingerprint density at radius 3 is 2.75 bits per heavy atom. The molecule has 2 aromatic carbocycles. The number of anilines is 1. The maximum atomic E-state index is 12.4. The first-order valence-corrected chi connectivity index (χ1v) is 11.2. The second-order valence-electron chi connectivity index (χ2n) is 7.33. The van der Waals surface area contributed by atoms with Gasteiger partial charge in [-0.15, -0.1) is 0 Å². The van der Waals surface area contributed by atoms with Crippen LogP contribution in [0.25, 0.3) is 22.3 Å². The van der Waals surface area contributed by atoms with Gasteiger partial charge >= 0.3 is 0 Å². The van der Waals surface area contributed by atoms with Crippen LogP contribution in [0.4, 0.5) is 5.13 Å². The van der Waals surface area contributed by atoms with Crippen molar-refractivity contribution in [3.8, 4) is 11.3 Å². The highest BCUT2D eigenvalue weighted by Gasteiger charge is 2.19. The zero-order valence-corrected chi connectivity index (χ0v) is 18.2. The van der Waals surface area contributed by atoms with Gasteiger partial charge in [-0.25, -0.2) is 15.4 Å². The number of hydrogen-bond acceptors (Lipinski definition) is 7. The van der Waals surface area contributed by atoms with E-state index >= 15 is 0 Å². The molecule has 9 heteroatoms. The maximum absolute atomic E-state index is 12.4. The fourth-order valence-corrected chi connectivity index (χ4v) is 4.60. The highest BCUT2D eigenvalue weighted by Crippen LogP contribution is 2.32. The van der Waals surface area contributed by atoms with Gasteiger partial charge in [-0.1, -0.05) is 53.8 Å². The van der Waals surface area contributed by atoms with Gasteiger partial charge in [0, 0.05) is 18.7 Å². The van der Waals surface area contributed by atoms with Gasteiger partial charge in [0.25, 0.3) is 5.91 Å². The predicted octanol–water partition coefficient (Wildman–Crippen LogP) is 3.15. The third-order valence-electron chi connectivity index (χ3n) is 5.18. The van der Waals surface area contributed by atoms with E-state index in [1.54, 1.807) is 28.4 Å². The van der Waals surface area contributed by atoms with E-state index in [0.29, 0.717) is 13.2 Å². The summed E-state index contributed by atoms with van der Waals surface area (Å²) < 4.78 is 7.26. The van der Waals surface area contributed by atoms with Gasteiger partial charge in [-0.05, 0) is 12.1 Å². The molecule has 2 aromatic heterocycles. The van der Waals surface area contributed by atoms with E-state index < -0.39 is 0 Å². The molecular formula is C23H22N6O2S. The Morgan fingerprint density at radius 2 is 1.91 bits per heavy atom. The van der Waals surface area contributed by atoms with Crippen molar-refractivity contribution in [3.63, 3.8) is 0 Å². The van der Waals surface area contributed by atoms with Gasteiger partial charge in [0.15, 0.2) is 5.13 Å². The second-order valence-corrected chi connectivity index (χ2v) is 8.34. The zero-order chi connectivity index (χ0) is 21.8. The number of ether oxygens (including phenoxy) is 1. The van der Waals surface area contributed by atoms with Crippen LogP contribution in [0.2, 0.25) is 0 Å². The van der Waals surface area contributed by atoms with Crippen molar-refractivity contribution in [2.24, 2.45) is 5.10 Å². The first kappa shape index (κ1) is 20.3. The number of amides is 1. The van der Waals surface area contributed by atoms with E-state index in [4.69, 9.17) is 9.72 Å². The van der Waals surface area contributed by atoms with Crippen molar-refractivity contribution in [2.75, 3.05) is 31.2 Å². The van der Waals surface area contributed by atoms with Crippen molar-refractivity contribution < 1.29 is 9.53 Å². The van der Waals surface area contributed by atoms with Crippen LogP contribution >= 0.6 is 11.3 Å². The summed E-state index contributed by atoms with van der Waals surface area (Å²) in [7, 11) is 0. The molecule has 0 spiro atoms. The molecule has 1 N–H and O–H groups in total. The summed E-state index contributed by atoms with van der Waals surface area (Å²) in [5, 5.41) is 5.15. The number of carbonyl (C=O) groups excluding carboxylic acids is 1. The number of para-hydroxylation sites is 2. The van der Waals surface area contributed by atoms with Crippen molar-refractivity contribution >= 4 is 39.6 Å². The van der Waals surface area contributed by atoms with Crippen molar-refractivity contribution in [3.05, 3.63) is 65.8 Å². The van der Waals surface area contributed by atoms with E-state index in [9.17, 15) is 4.79 Å². The topological polar surface area (TPSA) is 84.6 Å². The molecule has 1 saturated heterocycles. The first-order valence-electron chi connectivity index (χ1n) is 10.4. The van der Waals surface area contributed by atoms with Gasteiger partial charge in [0.05, 0.1) is 47.4 Å². The summed E-state index contributed by atoms with van der Waals surface area (Å²) in [6.07, 6.45) is 3.34. The van der Waals surface area contributed by atoms with Crippen molar-refractivity contribution in [2.45, 2.75) is 6.54 Å². The number of benzene rings is 2. The van der Waals surface area contributed by atoms with Crippen molar-refractivity contribution in [1.29, 1.82) is 0 Å². The fourth-order valence-electron chi connectivity index (χ4n) is 3.59. The summed E-state index contributed by atoms with van der Waals surface area (Å²) >= 11 is 1.56. The molecule has 0 saturated carbocycles. The molecule has 0 radical (unpaired) electrons. The molecule has 1 fully saturated rings. The Balaban J connectivity index is 1.33. The maximum Gasteiger partial charge on any atom is 0.260 e. The fraction of sp³-hybridized carbons (Fsp3) is 0.217. The minimum absolute atomic E-state index is 0.144. The standard InChI is InChI=1S/C23H22N6O2S/c30-21(15-29-16-24-18-8-4-5-9-19(18)29)27-25-14-20-22(17-6-2-1-3-7-17)26-23(32-20)28-10-12-31-13-11-28/h1-9,14,16H,10-13,15H2,(H,27,30). The molecule has 3 heterocycles. The highest BCUT2D eigenvalue weighted by molar-refractivity contribution is 7.17. The largest absolute Gasteiger partial charge is 0.378 e. The van der Waals surface area contributed by atoms with Crippen LogP contribution < -0.4 is 10.3 Å². The molecule has 1 aliphatic rings. The quantitative estimate of drug-likeness (QED) is 0.363. The lowest BCUT2D eigenvalue weighted by molar-refractivity contribution is -0.121. The number of nitrogens with one attached hydrogen (secondary N) is 1. The number of thiazole rings is 1. The number of carbonyl (C=O) groups is 1.